The highest BCUT2D eigenvalue weighted by molar-refractivity contribution is 7.98. The van der Waals surface area contributed by atoms with Crippen LogP contribution in [0.2, 0.25) is 0 Å². The molecule has 0 spiro atoms. The second-order valence-electron chi connectivity index (χ2n) is 5.36. The molecular formula is C18H22OS. The van der Waals surface area contributed by atoms with E-state index in [1.165, 1.54) is 11.1 Å². The second kappa shape index (κ2) is 6.96. The van der Waals surface area contributed by atoms with Crippen molar-refractivity contribution in [2.45, 2.75) is 37.2 Å². The van der Waals surface area contributed by atoms with E-state index >= 15 is 0 Å². The van der Waals surface area contributed by atoms with Gasteiger partial charge in [-0.15, -0.1) is 11.8 Å². The highest BCUT2D eigenvalue weighted by Gasteiger charge is 2.12. The van der Waals surface area contributed by atoms with Crippen molar-refractivity contribution < 1.29 is 5.11 Å². The Morgan fingerprint density at radius 1 is 1.00 bits per heavy atom. The summed E-state index contributed by atoms with van der Waals surface area (Å²) in [6.07, 6.45) is 2.27. The van der Waals surface area contributed by atoms with Crippen molar-refractivity contribution in [1.82, 2.24) is 0 Å². The molecule has 0 aromatic heterocycles. The van der Waals surface area contributed by atoms with E-state index in [0.29, 0.717) is 12.3 Å². The lowest BCUT2D eigenvalue weighted by atomic mass is 9.97. The Bertz CT molecular complexity index is 546. The molecule has 1 unspecified atom stereocenters. The number of aliphatic hydroxyl groups is 1. The molecule has 1 N–H and O–H groups in total. The quantitative estimate of drug-likeness (QED) is 0.796. The summed E-state index contributed by atoms with van der Waals surface area (Å²) >= 11 is 1.68. The van der Waals surface area contributed by atoms with E-state index in [1.54, 1.807) is 11.8 Å². The minimum absolute atomic E-state index is 0.441. The number of hydrogen-bond donors (Lipinski definition) is 1. The van der Waals surface area contributed by atoms with Crippen LogP contribution in [0.4, 0.5) is 0 Å². The topological polar surface area (TPSA) is 20.2 Å². The first kappa shape index (κ1) is 15.1. The van der Waals surface area contributed by atoms with Gasteiger partial charge in [0.15, 0.2) is 0 Å². The third kappa shape index (κ3) is 3.65. The van der Waals surface area contributed by atoms with Gasteiger partial charge in [-0.05, 0) is 34.9 Å². The standard InChI is InChI=1S/C18H22OS/c1-13(2)15-10-8-14(9-11-15)12-17(19)16-6-4-5-7-18(16)20-3/h4-11,13,17,19H,12H2,1-3H3. The van der Waals surface area contributed by atoms with Crippen molar-refractivity contribution in [3.8, 4) is 0 Å². The molecule has 2 aromatic rings. The van der Waals surface area contributed by atoms with E-state index < -0.39 is 6.10 Å². The molecule has 1 nitrogen and oxygen atoms in total. The third-order valence-electron chi connectivity index (χ3n) is 3.57. The molecule has 1 atom stereocenters. The van der Waals surface area contributed by atoms with Gasteiger partial charge in [0.1, 0.15) is 0 Å². The maximum Gasteiger partial charge on any atom is 0.0841 e. The summed E-state index contributed by atoms with van der Waals surface area (Å²) in [5.74, 6) is 0.547. The number of rotatable bonds is 5. The molecule has 20 heavy (non-hydrogen) atoms. The van der Waals surface area contributed by atoms with Crippen LogP contribution in [0.25, 0.3) is 0 Å². The zero-order chi connectivity index (χ0) is 14.5. The van der Waals surface area contributed by atoms with Crippen molar-refractivity contribution in [2.75, 3.05) is 6.26 Å². The van der Waals surface area contributed by atoms with Crippen molar-refractivity contribution in [2.24, 2.45) is 0 Å². The van der Waals surface area contributed by atoms with Crippen molar-refractivity contribution in [3.63, 3.8) is 0 Å². The lowest BCUT2D eigenvalue weighted by molar-refractivity contribution is 0.175. The first-order valence-corrected chi connectivity index (χ1v) is 8.24. The molecule has 0 aliphatic carbocycles. The molecule has 0 bridgehead atoms. The van der Waals surface area contributed by atoms with Crippen LogP contribution in [-0.2, 0) is 6.42 Å². The fraction of sp³-hybridized carbons (Fsp3) is 0.333. The van der Waals surface area contributed by atoms with Crippen molar-refractivity contribution >= 4 is 11.8 Å². The summed E-state index contributed by atoms with van der Waals surface area (Å²) in [6, 6.07) is 16.6. The van der Waals surface area contributed by atoms with Gasteiger partial charge in [-0.25, -0.2) is 0 Å². The van der Waals surface area contributed by atoms with Gasteiger partial charge in [0.2, 0.25) is 0 Å². The number of aliphatic hydroxyl groups excluding tert-OH is 1. The zero-order valence-corrected chi connectivity index (χ0v) is 13.2. The average molecular weight is 286 g/mol. The normalized spacial score (nSPS) is 12.7. The molecule has 0 radical (unpaired) electrons. The Kier molecular flexibility index (Phi) is 5.27. The van der Waals surface area contributed by atoms with Crippen LogP contribution >= 0.6 is 11.8 Å². The Hall–Kier alpha value is -1.25. The molecule has 0 saturated heterocycles. The van der Waals surface area contributed by atoms with Crippen molar-refractivity contribution in [1.29, 1.82) is 0 Å². The van der Waals surface area contributed by atoms with Gasteiger partial charge in [-0.3, -0.25) is 0 Å². The molecule has 2 heteroatoms. The molecule has 0 amide bonds. The molecule has 0 fully saturated rings. The van der Waals surface area contributed by atoms with Crippen LogP contribution < -0.4 is 0 Å². The van der Waals surface area contributed by atoms with Crippen molar-refractivity contribution in [3.05, 3.63) is 65.2 Å². The minimum Gasteiger partial charge on any atom is -0.388 e. The highest BCUT2D eigenvalue weighted by atomic mass is 32.2. The largest absolute Gasteiger partial charge is 0.388 e. The van der Waals surface area contributed by atoms with Gasteiger partial charge < -0.3 is 5.11 Å². The molecule has 0 aliphatic rings. The Labute approximate surface area is 126 Å². The zero-order valence-electron chi connectivity index (χ0n) is 12.3. The van der Waals surface area contributed by atoms with E-state index in [1.807, 2.05) is 24.5 Å². The van der Waals surface area contributed by atoms with Crippen LogP contribution in [-0.4, -0.2) is 11.4 Å². The summed E-state index contributed by atoms with van der Waals surface area (Å²) in [7, 11) is 0. The fourth-order valence-electron chi connectivity index (χ4n) is 2.31. The van der Waals surface area contributed by atoms with E-state index in [0.717, 1.165) is 10.5 Å². The monoisotopic (exact) mass is 286 g/mol. The van der Waals surface area contributed by atoms with Gasteiger partial charge in [-0.1, -0.05) is 56.3 Å². The smallest absolute Gasteiger partial charge is 0.0841 e. The first-order valence-electron chi connectivity index (χ1n) is 7.01. The maximum atomic E-state index is 10.5. The third-order valence-corrected chi connectivity index (χ3v) is 4.38. The second-order valence-corrected chi connectivity index (χ2v) is 6.21. The van der Waals surface area contributed by atoms with Gasteiger partial charge in [0.25, 0.3) is 0 Å². The summed E-state index contributed by atoms with van der Waals surface area (Å²) < 4.78 is 0. The van der Waals surface area contributed by atoms with Crippen LogP contribution in [0.1, 0.15) is 42.6 Å². The fourth-order valence-corrected chi connectivity index (χ4v) is 2.97. The molecular weight excluding hydrogens is 264 g/mol. The van der Waals surface area contributed by atoms with E-state index in [9.17, 15) is 5.11 Å². The predicted octanol–water partition coefficient (Wildman–Crippen LogP) is 4.81. The van der Waals surface area contributed by atoms with Gasteiger partial charge in [0.05, 0.1) is 6.10 Å². The van der Waals surface area contributed by atoms with Crippen LogP contribution in [0, 0.1) is 0 Å². The SMILES string of the molecule is CSc1ccccc1C(O)Cc1ccc(C(C)C)cc1. The first-order chi connectivity index (χ1) is 9.61. The maximum absolute atomic E-state index is 10.5. The molecule has 0 saturated carbocycles. The number of hydrogen-bond acceptors (Lipinski definition) is 2. The predicted molar refractivity (Wildman–Crippen MR) is 87.4 cm³/mol. The summed E-state index contributed by atoms with van der Waals surface area (Å²) in [4.78, 5) is 1.15. The molecule has 0 heterocycles. The summed E-state index contributed by atoms with van der Waals surface area (Å²) in [5, 5.41) is 10.5. The van der Waals surface area contributed by atoms with Gasteiger partial charge in [-0.2, -0.15) is 0 Å². The van der Waals surface area contributed by atoms with E-state index in [4.69, 9.17) is 0 Å². The van der Waals surface area contributed by atoms with E-state index in [-0.39, 0.29) is 0 Å². The Morgan fingerprint density at radius 3 is 2.25 bits per heavy atom. The lowest BCUT2D eigenvalue weighted by Crippen LogP contribution is -2.03. The molecule has 0 aliphatic heterocycles. The summed E-state index contributed by atoms with van der Waals surface area (Å²) in [6.45, 7) is 4.39. The van der Waals surface area contributed by atoms with Crippen LogP contribution in [0.5, 0.6) is 0 Å². The number of benzene rings is 2. The Morgan fingerprint density at radius 2 is 1.65 bits per heavy atom. The van der Waals surface area contributed by atoms with E-state index in [2.05, 4.69) is 44.2 Å². The Balaban J connectivity index is 2.13. The number of thioether (sulfide) groups is 1. The lowest BCUT2D eigenvalue weighted by Gasteiger charge is -2.15. The summed E-state index contributed by atoms with van der Waals surface area (Å²) in [5.41, 5.74) is 3.54. The van der Waals surface area contributed by atoms with Crippen LogP contribution in [0.15, 0.2) is 53.4 Å². The van der Waals surface area contributed by atoms with Gasteiger partial charge in [0, 0.05) is 11.3 Å². The molecule has 106 valence electrons. The minimum atomic E-state index is -0.441. The van der Waals surface area contributed by atoms with Gasteiger partial charge >= 0.3 is 0 Å². The highest BCUT2D eigenvalue weighted by Crippen LogP contribution is 2.28. The van der Waals surface area contributed by atoms with Crippen LogP contribution in [0.3, 0.4) is 0 Å². The molecule has 2 rings (SSSR count). The average Bonchev–Trinajstić information content (AvgIpc) is 2.47. The molecule has 2 aromatic carbocycles.